The number of thiol groups is 2. The number of rotatable bonds is 21. The Morgan fingerprint density at radius 2 is 0.328 bits per heavy atom. The van der Waals surface area contributed by atoms with E-state index in [2.05, 4.69) is 630 Å². The number of anilines is 19. The van der Waals surface area contributed by atoms with Gasteiger partial charge in [0.25, 0.3) is 0 Å². The molecule has 0 spiro atoms. The van der Waals surface area contributed by atoms with E-state index >= 15 is 0 Å². The molecule has 18 aromatic rings. The molecule has 0 aromatic heterocycles. The van der Waals surface area contributed by atoms with E-state index in [0.717, 1.165) is 109 Å². The van der Waals surface area contributed by atoms with Crippen molar-refractivity contribution < 1.29 is 0 Å². The molecule has 2 radical (unpaired) electrons. The van der Waals surface area contributed by atoms with Crippen molar-refractivity contribution in [1.82, 2.24) is 0 Å². The van der Waals surface area contributed by atoms with Gasteiger partial charge in [-0.25, -0.2) is 0 Å². The van der Waals surface area contributed by atoms with E-state index in [0.29, 0.717) is 0 Å². The molecule has 17 heteroatoms. The number of hydrogen-bond donors (Lipinski definition) is 3. The first-order chi connectivity index (χ1) is 66.6. The quantitative estimate of drug-likeness (QED) is 0.0376. The Balaban J connectivity index is 0.000000165. The zero-order valence-electron chi connectivity index (χ0n) is 78.7. The Morgan fingerprint density at radius 1 is 0.204 bits per heavy atom. The minimum atomic E-state index is 0.822. The summed E-state index contributed by atoms with van der Waals surface area (Å²) in [7, 11) is 8.67. The molecular formula is C120H113B2Br4N9S2. The standard InChI is InChI=1S/C32H26Br2N2.C32H28N2.C20H18BrN.C20H19N.C10H13Br.C6H7N.2BHNS/c1-23-3-11-27(12-4-23)35(28-13-5-24(2)6-14-28)31-19-21-32(22-20-31)36(29-15-7-25(33)8-16-29)30-17-9-26(34)10-18-30;1-25-13-17-29(18-14-25)34(30-19-15-26(2)16-20-30)32-23-21-31(22-24-32)33(27-9-5-3-6-10-27)28-11-7-4-8-12-28;1-15-3-9-18(10-4-15)22(19-11-5-16(2)6-12-19)20-13-7-17(21)8-14-20;1-16-8-12-19(13-9-16)21(18-6-4-3-5-7-18)20-14-10-17(2)11-15-20;1-2-3-4-9-5-7-10(11)8-6-9;7-6-4-2-1-3-5-6;2*1-2-3/h3-22H,1-2H3;3-24H,1-2H3;3-14H,1-2H3;3-15H,1-2H3;5-8H,2-4H2,1H3;1-5H,7H2;2*3H. The first-order valence-corrected chi connectivity index (χ1v) is 49.2. The van der Waals surface area contributed by atoms with Gasteiger partial charge in [0.1, 0.15) is 0 Å². The minimum absolute atomic E-state index is 0.822. The second kappa shape index (κ2) is 55.2. The fourth-order valence-corrected chi connectivity index (χ4v) is 15.8. The fraction of sp³-hybridized carbons (Fsp3) is 0.100. The third-order valence-corrected chi connectivity index (χ3v) is 24.0. The number of hydrogen-bond acceptors (Lipinski definition) is 11. The van der Waals surface area contributed by atoms with E-state index in [9.17, 15) is 0 Å². The molecule has 0 fully saturated rings. The van der Waals surface area contributed by atoms with Crippen molar-refractivity contribution in [2.45, 2.75) is 81.6 Å². The second-order valence-electron chi connectivity index (χ2n) is 32.5. The van der Waals surface area contributed by atoms with Crippen LogP contribution in [0.4, 0.5) is 108 Å². The SMILES string of the molecule is CCCCc1ccc(Br)cc1.Cc1ccc(N(c2ccc(C)cc2)c2ccc(Br)cc2)cc1.Cc1ccc(N(c2ccc(C)cc2)c2ccc(N(c3ccc(Br)cc3)c3ccc(Br)cc3)cc2)cc1.Cc1ccc(N(c2ccc(C)cc2)c2ccc(N(c3ccccc3)c3ccccc3)cc2)cc1.Cc1ccc(N(c2ccccc2)c2ccc(C)cc2)cc1.Nc1ccccc1.[B]=NS.[B]=NS. The van der Waals surface area contributed by atoms with E-state index < -0.39 is 0 Å². The zero-order chi connectivity index (χ0) is 97.2. The van der Waals surface area contributed by atoms with Gasteiger partial charge in [-0.2, -0.15) is 0 Å². The number of nitrogens with two attached hydrogens (primary N) is 1. The Morgan fingerprint density at radius 3 is 0.467 bits per heavy atom. The van der Waals surface area contributed by atoms with Crippen molar-refractivity contribution in [3.8, 4) is 0 Å². The molecule has 0 atom stereocenters. The number of nitrogens with zero attached hydrogens (tertiary/aromatic N) is 8. The average molecular weight is 2090 g/mol. The van der Waals surface area contributed by atoms with Crippen LogP contribution >= 0.6 is 89.3 Å². The summed E-state index contributed by atoms with van der Waals surface area (Å²) in [5.74, 6) is 0. The van der Waals surface area contributed by atoms with Gasteiger partial charge in [0.2, 0.25) is 0 Å². The molecule has 0 aliphatic rings. The van der Waals surface area contributed by atoms with Crippen molar-refractivity contribution in [1.29, 1.82) is 0 Å². The summed E-state index contributed by atoms with van der Waals surface area (Å²) in [6.45, 7) is 19.2. The number of unbranched alkanes of at least 4 members (excludes halogenated alkanes) is 1. The van der Waals surface area contributed by atoms with Crippen LogP contribution in [0.15, 0.2) is 488 Å². The third kappa shape index (κ3) is 32.6. The van der Waals surface area contributed by atoms with Crippen molar-refractivity contribution in [3.63, 3.8) is 0 Å². The maximum absolute atomic E-state index is 5.36. The van der Waals surface area contributed by atoms with Crippen LogP contribution in [0.1, 0.15) is 69.8 Å². The molecule has 0 aliphatic carbocycles. The Labute approximate surface area is 859 Å². The van der Waals surface area contributed by atoms with E-state index in [1.54, 1.807) is 0 Å². The number of nitrogen functional groups attached to an aromatic ring is 1. The average Bonchev–Trinajstić information content (AvgIpc) is 0.800. The number of halogens is 4. The summed E-state index contributed by atoms with van der Waals surface area (Å²) in [4.78, 5) is 13.7. The summed E-state index contributed by atoms with van der Waals surface area (Å²) in [5, 5.41) is 0. The Kier molecular flexibility index (Phi) is 42.1. The molecular weight excluding hydrogens is 1970 g/mol. The van der Waals surface area contributed by atoms with Gasteiger partial charge in [0.05, 0.1) is 0 Å². The van der Waals surface area contributed by atoms with Crippen LogP contribution < -0.4 is 35.1 Å². The maximum atomic E-state index is 5.36. The van der Waals surface area contributed by atoms with Crippen molar-refractivity contribution in [2.24, 2.45) is 8.60 Å². The van der Waals surface area contributed by atoms with Crippen LogP contribution in [0.5, 0.6) is 0 Å². The molecule has 0 amide bonds. The molecule has 0 bridgehead atoms. The molecule has 0 heterocycles. The van der Waals surface area contributed by atoms with Crippen LogP contribution in [0.25, 0.3) is 0 Å². The van der Waals surface area contributed by atoms with Gasteiger partial charge in [0.15, 0.2) is 0 Å². The van der Waals surface area contributed by atoms with Gasteiger partial charge in [-0.05, 0) is 353 Å². The zero-order valence-corrected chi connectivity index (χ0v) is 86.8. The van der Waals surface area contributed by atoms with Crippen LogP contribution in [-0.4, -0.2) is 15.3 Å². The monoisotopic (exact) mass is 2080 g/mol. The van der Waals surface area contributed by atoms with Gasteiger partial charge in [-0.3, -0.25) is 0 Å². The summed E-state index contributed by atoms with van der Waals surface area (Å²) in [6.07, 6.45) is 3.78. The van der Waals surface area contributed by atoms with E-state index in [4.69, 9.17) is 5.73 Å². The van der Waals surface area contributed by atoms with Crippen LogP contribution in [0.3, 0.4) is 0 Å². The van der Waals surface area contributed by atoms with Crippen molar-refractivity contribution in [2.75, 3.05) is 35.1 Å². The number of benzene rings is 18. The van der Waals surface area contributed by atoms with E-state index in [1.807, 2.05) is 36.4 Å². The molecule has 0 aliphatic heterocycles. The first-order valence-electron chi connectivity index (χ1n) is 45.2. The molecule has 2 N–H and O–H groups in total. The molecule has 18 rings (SSSR count). The predicted molar refractivity (Wildman–Crippen MR) is 613 cm³/mol. The third-order valence-electron chi connectivity index (χ3n) is 21.9. The van der Waals surface area contributed by atoms with Crippen molar-refractivity contribution in [3.05, 3.63) is 529 Å². The number of aryl methyl sites for hydroxylation is 9. The second-order valence-corrected chi connectivity index (χ2v) is 36.7. The molecule has 0 unspecified atom stereocenters. The van der Waals surface area contributed by atoms with Gasteiger partial charge in [-0.15, -0.1) is 0 Å². The molecule has 9 nitrogen and oxygen atoms in total. The van der Waals surface area contributed by atoms with E-state index in [1.165, 1.54) is 86.4 Å². The summed E-state index contributed by atoms with van der Waals surface area (Å²) >= 11 is 20.4. The Bertz CT molecular complexity index is 6110. The van der Waals surface area contributed by atoms with E-state index in [-0.39, 0.29) is 0 Å². The molecule has 18 aromatic carbocycles. The van der Waals surface area contributed by atoms with Gasteiger partial charge in [0, 0.05) is 126 Å². The molecule has 684 valence electrons. The molecule has 0 saturated heterocycles. The normalized spacial score (nSPS) is 10.2. The summed E-state index contributed by atoms with van der Waals surface area (Å²) < 4.78 is 9.76. The van der Waals surface area contributed by atoms with Crippen molar-refractivity contribution >= 4 is 213 Å². The van der Waals surface area contributed by atoms with Crippen LogP contribution in [-0.2, 0) is 6.42 Å². The molecule has 0 saturated carbocycles. The van der Waals surface area contributed by atoms with Gasteiger partial charge in [-0.1, -0.05) is 304 Å². The first kappa shape index (κ1) is 104. The Hall–Kier alpha value is -13.1. The topological polar surface area (TPSA) is 70.2 Å². The van der Waals surface area contributed by atoms with Crippen LogP contribution in [0.2, 0.25) is 0 Å². The number of para-hydroxylation sites is 4. The summed E-state index contributed by atoms with van der Waals surface area (Å²) in [5.41, 5.74) is 38.2. The van der Waals surface area contributed by atoms with Gasteiger partial charge >= 0.3 is 49.5 Å². The summed E-state index contributed by atoms with van der Waals surface area (Å²) in [6, 6.07) is 162. The molecule has 137 heavy (non-hydrogen) atoms. The fourth-order valence-electron chi connectivity index (χ4n) is 14.7. The van der Waals surface area contributed by atoms with Gasteiger partial charge < -0.3 is 35.1 Å². The van der Waals surface area contributed by atoms with Crippen LogP contribution in [0, 0.1) is 55.4 Å². The predicted octanol–water partition coefficient (Wildman–Crippen LogP) is 37.7.